The average Bonchev–Trinajstić information content (AvgIpc) is 2.92. The van der Waals surface area contributed by atoms with Crippen LogP contribution in [-0.2, 0) is 9.59 Å². The molecular weight excluding hydrogens is 266 g/mol. The number of Topliss-reactive ketones (excluding diaryl/α,β-unsaturated/α-hetero) is 2. The van der Waals surface area contributed by atoms with Crippen LogP contribution in [0.3, 0.4) is 0 Å². The van der Waals surface area contributed by atoms with Crippen molar-refractivity contribution in [3.05, 3.63) is 17.4 Å². The Morgan fingerprint density at radius 1 is 1.40 bits per heavy atom. The summed E-state index contributed by atoms with van der Waals surface area (Å²) in [6, 6.07) is 0. The summed E-state index contributed by atoms with van der Waals surface area (Å²) in [5.74, 6) is -1.64. The third-order valence-electron chi connectivity index (χ3n) is 2.59. The molecule has 9 heteroatoms. The van der Waals surface area contributed by atoms with Crippen LogP contribution in [0.15, 0.2) is 17.7 Å². The lowest BCUT2D eigenvalue weighted by Gasteiger charge is -2.12. The van der Waals surface area contributed by atoms with Crippen LogP contribution in [0.1, 0.15) is 13.8 Å². The van der Waals surface area contributed by atoms with Crippen molar-refractivity contribution in [3.8, 4) is 5.88 Å². The highest BCUT2D eigenvalue weighted by molar-refractivity contribution is 6.41. The van der Waals surface area contributed by atoms with Crippen LogP contribution in [-0.4, -0.2) is 43.9 Å². The molecule has 0 aliphatic rings. The fraction of sp³-hybridized carbons (Fsp3) is 0.364. The number of fused-ring (bicyclic) bond motifs is 1. The molecule has 0 aromatic carbocycles. The van der Waals surface area contributed by atoms with Crippen molar-refractivity contribution in [1.82, 2.24) is 20.2 Å². The van der Waals surface area contributed by atoms with Gasteiger partial charge in [-0.25, -0.2) is 9.97 Å². The molecule has 20 heavy (non-hydrogen) atoms. The molecule has 2 aromatic heterocycles. The zero-order chi connectivity index (χ0) is 14.8. The zero-order valence-corrected chi connectivity index (χ0v) is 10.8. The molecule has 2 heterocycles. The normalized spacial score (nSPS) is 11.3. The number of carbonyl (C=O) groups is 2. The van der Waals surface area contributed by atoms with Crippen LogP contribution in [0.2, 0.25) is 0 Å². The first-order valence-electron chi connectivity index (χ1n) is 5.64. The summed E-state index contributed by atoms with van der Waals surface area (Å²) in [5, 5.41) is 9.48. The molecule has 0 aliphatic carbocycles. The molecule has 0 atom stereocenters. The Bertz CT molecular complexity index is 678. The van der Waals surface area contributed by atoms with E-state index in [2.05, 4.69) is 25.3 Å². The van der Waals surface area contributed by atoms with E-state index in [9.17, 15) is 14.5 Å². The van der Waals surface area contributed by atoms with Crippen LogP contribution in [0.5, 0.6) is 5.88 Å². The fourth-order valence-electron chi connectivity index (χ4n) is 1.44. The number of hydrogen-bond acceptors (Lipinski definition) is 8. The van der Waals surface area contributed by atoms with Crippen molar-refractivity contribution in [2.24, 2.45) is 5.18 Å². The van der Waals surface area contributed by atoms with Gasteiger partial charge in [0, 0.05) is 0 Å². The Morgan fingerprint density at radius 3 is 2.85 bits per heavy atom. The molecule has 0 fully saturated rings. The Morgan fingerprint density at radius 2 is 2.15 bits per heavy atom. The second kappa shape index (κ2) is 5.11. The number of nitroso groups, excluding NO2 is 1. The van der Waals surface area contributed by atoms with E-state index in [1.807, 2.05) is 0 Å². The van der Waals surface area contributed by atoms with Gasteiger partial charge in [0.05, 0.1) is 6.20 Å². The van der Waals surface area contributed by atoms with Crippen molar-refractivity contribution in [2.75, 3.05) is 6.61 Å². The monoisotopic (exact) mass is 277 g/mol. The Hall–Kier alpha value is -2.71. The van der Waals surface area contributed by atoms with E-state index in [0.717, 1.165) is 0 Å². The molecule has 0 spiro atoms. The van der Waals surface area contributed by atoms with Gasteiger partial charge in [-0.15, -0.1) is 4.91 Å². The average molecular weight is 277 g/mol. The highest BCUT2D eigenvalue weighted by Gasteiger charge is 2.34. The number of aromatic amines is 1. The molecule has 0 amide bonds. The van der Waals surface area contributed by atoms with Gasteiger partial charge in [0.15, 0.2) is 17.8 Å². The molecule has 0 radical (unpaired) electrons. The highest BCUT2D eigenvalue weighted by Crippen LogP contribution is 2.18. The molecular formula is C11H11N5O4. The minimum Gasteiger partial charge on any atom is -0.469 e. The van der Waals surface area contributed by atoms with Crippen molar-refractivity contribution in [3.63, 3.8) is 0 Å². The number of carbonyl (C=O) groups excluding carboxylic acids is 2. The topological polar surface area (TPSA) is 127 Å². The van der Waals surface area contributed by atoms with Gasteiger partial charge in [0.1, 0.15) is 11.7 Å². The Labute approximate surface area is 112 Å². The smallest absolute Gasteiger partial charge is 0.238 e. The van der Waals surface area contributed by atoms with Gasteiger partial charge in [0.25, 0.3) is 0 Å². The maximum Gasteiger partial charge on any atom is 0.238 e. The number of ether oxygens (including phenoxy) is 1. The quantitative estimate of drug-likeness (QED) is 0.598. The van der Waals surface area contributed by atoms with Gasteiger partial charge in [0.2, 0.25) is 17.4 Å². The SMILES string of the molecule is CC(C)(N=O)C(=O)C(=O)COc1ncnc2[nH]ncc12. The molecule has 2 rings (SSSR count). The van der Waals surface area contributed by atoms with Crippen LogP contribution in [0, 0.1) is 4.91 Å². The van der Waals surface area contributed by atoms with Crippen molar-refractivity contribution < 1.29 is 14.3 Å². The molecule has 1 N–H and O–H groups in total. The van der Waals surface area contributed by atoms with Crippen LogP contribution < -0.4 is 4.74 Å². The predicted molar refractivity (Wildman–Crippen MR) is 67.1 cm³/mol. The maximum atomic E-state index is 11.7. The summed E-state index contributed by atoms with van der Waals surface area (Å²) >= 11 is 0. The first-order chi connectivity index (χ1) is 9.45. The zero-order valence-electron chi connectivity index (χ0n) is 10.8. The van der Waals surface area contributed by atoms with Crippen LogP contribution in [0.4, 0.5) is 0 Å². The minimum atomic E-state index is -1.60. The lowest BCUT2D eigenvalue weighted by molar-refractivity contribution is -0.140. The van der Waals surface area contributed by atoms with E-state index < -0.39 is 23.7 Å². The van der Waals surface area contributed by atoms with Crippen molar-refractivity contribution >= 4 is 22.6 Å². The lowest BCUT2D eigenvalue weighted by Crippen LogP contribution is -2.38. The third kappa shape index (κ3) is 2.51. The number of aromatic nitrogens is 4. The molecule has 0 unspecified atom stereocenters. The number of nitrogens with one attached hydrogen (secondary N) is 1. The molecule has 104 valence electrons. The highest BCUT2D eigenvalue weighted by atomic mass is 16.5. The maximum absolute atomic E-state index is 11.7. The van der Waals surface area contributed by atoms with Crippen molar-refractivity contribution in [1.29, 1.82) is 0 Å². The van der Waals surface area contributed by atoms with E-state index in [1.54, 1.807) is 0 Å². The van der Waals surface area contributed by atoms with Gasteiger partial charge in [-0.1, -0.05) is 5.18 Å². The summed E-state index contributed by atoms with van der Waals surface area (Å²) in [4.78, 5) is 41.6. The molecule has 0 saturated heterocycles. The van der Waals surface area contributed by atoms with Gasteiger partial charge in [-0.05, 0) is 13.8 Å². The summed E-state index contributed by atoms with van der Waals surface area (Å²) in [6.07, 6.45) is 2.67. The standard InChI is InChI=1S/C11H11N5O4/c1-11(2,16-19)8(18)7(17)4-20-10-6-3-14-15-9(6)12-5-13-10/h3,5H,4H2,1-2H3,(H,12,13,14,15). The predicted octanol–water partition coefficient (Wildman–Crippen LogP) is 0.415. The van der Waals surface area contributed by atoms with Gasteiger partial charge in [-0.2, -0.15) is 5.10 Å². The number of ketones is 2. The molecule has 9 nitrogen and oxygen atoms in total. The molecule has 2 aromatic rings. The Balaban J connectivity index is 2.09. The van der Waals surface area contributed by atoms with Crippen LogP contribution in [0.25, 0.3) is 11.0 Å². The van der Waals surface area contributed by atoms with Crippen molar-refractivity contribution in [2.45, 2.75) is 19.4 Å². The lowest BCUT2D eigenvalue weighted by atomic mass is 9.98. The van der Waals surface area contributed by atoms with E-state index in [4.69, 9.17) is 4.74 Å². The van der Waals surface area contributed by atoms with Gasteiger partial charge in [-0.3, -0.25) is 14.7 Å². The molecule has 0 aliphatic heterocycles. The van der Waals surface area contributed by atoms with Crippen LogP contribution >= 0.6 is 0 Å². The number of nitrogens with zero attached hydrogens (tertiary/aromatic N) is 4. The second-order valence-electron chi connectivity index (χ2n) is 4.50. The summed E-state index contributed by atoms with van der Waals surface area (Å²) < 4.78 is 5.18. The first kappa shape index (κ1) is 13.7. The summed E-state index contributed by atoms with van der Waals surface area (Å²) in [6.45, 7) is 1.99. The Kier molecular flexibility index (Phi) is 3.51. The van der Waals surface area contributed by atoms with Gasteiger partial charge < -0.3 is 4.74 Å². The largest absolute Gasteiger partial charge is 0.469 e. The first-order valence-corrected chi connectivity index (χ1v) is 5.64. The van der Waals surface area contributed by atoms with E-state index in [0.29, 0.717) is 11.0 Å². The van der Waals surface area contributed by atoms with Gasteiger partial charge >= 0.3 is 0 Å². The molecule has 0 saturated carbocycles. The number of H-pyrrole nitrogens is 1. The van der Waals surface area contributed by atoms with E-state index in [-0.39, 0.29) is 5.88 Å². The molecule has 0 bridgehead atoms. The number of hydrogen-bond donors (Lipinski definition) is 1. The fourth-order valence-corrected chi connectivity index (χ4v) is 1.44. The van der Waals surface area contributed by atoms with E-state index >= 15 is 0 Å². The third-order valence-corrected chi connectivity index (χ3v) is 2.59. The minimum absolute atomic E-state index is 0.127. The van der Waals surface area contributed by atoms with E-state index in [1.165, 1.54) is 26.4 Å². The summed E-state index contributed by atoms with van der Waals surface area (Å²) in [7, 11) is 0. The summed E-state index contributed by atoms with van der Waals surface area (Å²) in [5.41, 5.74) is -1.15. The second-order valence-corrected chi connectivity index (χ2v) is 4.50. The number of rotatable bonds is 6.